The fourth-order valence-corrected chi connectivity index (χ4v) is 4.42. The molecule has 1 aromatic carbocycles. The molecule has 2 aliphatic heterocycles. The predicted octanol–water partition coefficient (Wildman–Crippen LogP) is 3.12. The molecule has 1 fully saturated rings. The first-order chi connectivity index (χ1) is 17.1. The number of hydrogen-bond donors (Lipinski definition) is 0. The van der Waals surface area contributed by atoms with Crippen LogP contribution < -0.4 is 4.90 Å². The molecule has 0 atom stereocenters. The van der Waals surface area contributed by atoms with Crippen LogP contribution in [0, 0.1) is 11.3 Å². The second-order valence-corrected chi connectivity index (χ2v) is 8.81. The van der Waals surface area contributed by atoms with Gasteiger partial charge in [-0.3, -0.25) is 19.3 Å². The van der Waals surface area contributed by atoms with Gasteiger partial charge < -0.3 is 9.64 Å². The molecular formula is C25H29F3N4O4. The summed E-state index contributed by atoms with van der Waals surface area (Å²) >= 11 is 0. The Morgan fingerprint density at radius 3 is 2.42 bits per heavy atom. The Bertz CT molecular complexity index is 1090. The average molecular weight is 507 g/mol. The number of rotatable bonds is 9. The monoisotopic (exact) mass is 506 g/mol. The Hall–Kier alpha value is -3.23. The zero-order chi connectivity index (χ0) is 26.5. The smallest absolute Gasteiger partial charge is 0.384 e. The third kappa shape index (κ3) is 6.12. The normalized spacial score (nSPS) is 17.2. The van der Waals surface area contributed by atoms with Gasteiger partial charge in [0.2, 0.25) is 5.91 Å². The van der Waals surface area contributed by atoms with Crippen LogP contribution in [0.3, 0.4) is 0 Å². The molecule has 0 N–H and O–H groups in total. The predicted molar refractivity (Wildman–Crippen MR) is 125 cm³/mol. The van der Waals surface area contributed by atoms with Crippen molar-refractivity contribution in [3.05, 3.63) is 40.5 Å². The molecular weight excluding hydrogens is 477 g/mol. The van der Waals surface area contributed by atoms with E-state index in [-0.39, 0.29) is 17.2 Å². The van der Waals surface area contributed by atoms with Crippen molar-refractivity contribution in [1.82, 2.24) is 9.80 Å². The summed E-state index contributed by atoms with van der Waals surface area (Å²) in [4.78, 5) is 42.6. The molecule has 11 heteroatoms. The number of anilines is 1. The molecule has 0 aliphatic carbocycles. The molecule has 0 spiro atoms. The Morgan fingerprint density at radius 1 is 1.11 bits per heavy atom. The van der Waals surface area contributed by atoms with Gasteiger partial charge in [-0.25, -0.2) is 4.90 Å². The summed E-state index contributed by atoms with van der Waals surface area (Å²) in [6.45, 7) is 5.50. The number of ether oxygens (including phenoxy) is 1. The Morgan fingerprint density at radius 2 is 1.81 bits per heavy atom. The Balaban J connectivity index is 1.54. The van der Waals surface area contributed by atoms with E-state index in [9.17, 15) is 27.6 Å². The summed E-state index contributed by atoms with van der Waals surface area (Å²) in [5.41, 5.74) is -1.44. The number of methoxy groups -OCH3 is 1. The summed E-state index contributed by atoms with van der Waals surface area (Å²) < 4.78 is 45.0. The van der Waals surface area contributed by atoms with Crippen LogP contribution in [0.4, 0.5) is 18.9 Å². The summed E-state index contributed by atoms with van der Waals surface area (Å²) in [7, 11) is 1.56. The fourth-order valence-electron chi connectivity index (χ4n) is 4.42. The highest BCUT2D eigenvalue weighted by molar-refractivity contribution is 6.32. The van der Waals surface area contributed by atoms with Gasteiger partial charge in [-0.05, 0) is 50.9 Å². The maximum atomic E-state index is 13.3. The summed E-state index contributed by atoms with van der Waals surface area (Å²) in [5.74, 6) is -1.20. The number of nitriles is 1. The third-order valence-electron chi connectivity index (χ3n) is 6.52. The SMILES string of the molecule is COCCC(=O)N1CCN(CCCCC2=C(C)C(=O)N(c3ccc(C#N)c(C(F)(F)F)c3)C2=O)CC1. The maximum absolute atomic E-state index is 13.3. The van der Waals surface area contributed by atoms with Crippen LogP contribution in [0.1, 0.15) is 43.7 Å². The first-order valence-electron chi connectivity index (χ1n) is 11.8. The van der Waals surface area contributed by atoms with Crippen molar-refractivity contribution in [2.24, 2.45) is 0 Å². The summed E-state index contributed by atoms with van der Waals surface area (Å²) in [6.07, 6.45) is -2.68. The number of piperazine rings is 1. The lowest BCUT2D eigenvalue weighted by molar-refractivity contribution is -0.138. The lowest BCUT2D eigenvalue weighted by Crippen LogP contribution is -2.49. The van der Waals surface area contributed by atoms with Gasteiger partial charge in [0.25, 0.3) is 11.8 Å². The van der Waals surface area contributed by atoms with Gasteiger partial charge in [0.1, 0.15) is 0 Å². The molecule has 3 rings (SSSR count). The standard InChI is InChI=1S/C25H29F3N4O4/c1-17-20(5-3-4-9-30-10-12-31(13-11-30)22(33)8-14-36-2)24(35)32(23(17)34)19-7-6-18(16-29)21(15-19)25(26,27)28/h6-7,15H,3-5,8-14H2,1-2H3. The zero-order valence-corrected chi connectivity index (χ0v) is 20.4. The number of amides is 3. The highest BCUT2D eigenvalue weighted by atomic mass is 19.4. The van der Waals surface area contributed by atoms with E-state index in [4.69, 9.17) is 10.00 Å². The van der Waals surface area contributed by atoms with Crippen molar-refractivity contribution in [1.29, 1.82) is 5.26 Å². The zero-order valence-electron chi connectivity index (χ0n) is 20.4. The number of carbonyl (C=O) groups is 3. The lowest BCUT2D eigenvalue weighted by atomic mass is 10.0. The lowest BCUT2D eigenvalue weighted by Gasteiger charge is -2.34. The highest BCUT2D eigenvalue weighted by Crippen LogP contribution is 2.36. The first-order valence-corrected chi connectivity index (χ1v) is 11.8. The quantitative estimate of drug-likeness (QED) is 0.377. The van der Waals surface area contributed by atoms with Gasteiger partial charge in [-0.2, -0.15) is 18.4 Å². The number of halogens is 3. The summed E-state index contributed by atoms with van der Waals surface area (Å²) in [5, 5.41) is 8.98. The molecule has 194 valence electrons. The number of nitrogens with zero attached hydrogens (tertiary/aromatic N) is 4. The van der Waals surface area contributed by atoms with Crippen LogP contribution in [0.2, 0.25) is 0 Å². The van der Waals surface area contributed by atoms with Crippen molar-refractivity contribution < 1.29 is 32.3 Å². The molecule has 0 aromatic heterocycles. The molecule has 0 saturated carbocycles. The van der Waals surface area contributed by atoms with E-state index in [2.05, 4.69) is 4.90 Å². The Kier molecular flexibility index (Phi) is 8.87. The van der Waals surface area contributed by atoms with E-state index in [1.165, 1.54) is 19.1 Å². The van der Waals surface area contributed by atoms with E-state index in [1.54, 1.807) is 7.11 Å². The molecule has 2 heterocycles. The number of carbonyl (C=O) groups excluding carboxylic acids is 3. The molecule has 0 radical (unpaired) electrons. The molecule has 1 saturated heterocycles. The molecule has 3 amide bonds. The highest BCUT2D eigenvalue weighted by Gasteiger charge is 2.39. The van der Waals surface area contributed by atoms with Crippen LogP contribution in [0.25, 0.3) is 0 Å². The topological polar surface area (TPSA) is 93.9 Å². The van der Waals surface area contributed by atoms with E-state index in [0.29, 0.717) is 50.6 Å². The van der Waals surface area contributed by atoms with Crippen molar-refractivity contribution in [2.45, 2.75) is 38.8 Å². The van der Waals surface area contributed by atoms with Crippen LogP contribution in [0.15, 0.2) is 29.3 Å². The van der Waals surface area contributed by atoms with Crippen molar-refractivity contribution in [3.63, 3.8) is 0 Å². The van der Waals surface area contributed by atoms with Crippen LogP contribution >= 0.6 is 0 Å². The number of imide groups is 1. The van der Waals surface area contributed by atoms with E-state index in [0.717, 1.165) is 37.0 Å². The minimum Gasteiger partial charge on any atom is -0.384 e. The molecule has 36 heavy (non-hydrogen) atoms. The fraction of sp³-hybridized carbons (Fsp3) is 0.520. The third-order valence-corrected chi connectivity index (χ3v) is 6.52. The van der Waals surface area contributed by atoms with Crippen molar-refractivity contribution >= 4 is 23.4 Å². The molecule has 0 unspecified atom stereocenters. The van der Waals surface area contributed by atoms with Crippen LogP contribution in [-0.4, -0.2) is 74.0 Å². The number of alkyl halides is 3. The van der Waals surface area contributed by atoms with Gasteiger partial charge in [0.05, 0.1) is 35.9 Å². The van der Waals surface area contributed by atoms with E-state index < -0.39 is 29.1 Å². The first kappa shape index (κ1) is 27.4. The van der Waals surface area contributed by atoms with E-state index in [1.807, 2.05) is 4.90 Å². The number of unbranched alkanes of at least 4 members (excludes halogenated alkanes) is 1. The van der Waals surface area contributed by atoms with Crippen LogP contribution in [-0.2, 0) is 25.3 Å². The van der Waals surface area contributed by atoms with Gasteiger partial charge in [0.15, 0.2) is 0 Å². The second kappa shape index (κ2) is 11.7. The number of benzene rings is 1. The van der Waals surface area contributed by atoms with Crippen molar-refractivity contribution in [2.75, 3.05) is 51.3 Å². The van der Waals surface area contributed by atoms with Gasteiger partial charge in [-0.15, -0.1) is 0 Å². The van der Waals surface area contributed by atoms with Crippen LogP contribution in [0.5, 0.6) is 0 Å². The summed E-state index contributed by atoms with van der Waals surface area (Å²) in [6, 6.07) is 4.31. The molecule has 1 aromatic rings. The van der Waals surface area contributed by atoms with Gasteiger partial charge >= 0.3 is 6.18 Å². The van der Waals surface area contributed by atoms with E-state index >= 15 is 0 Å². The maximum Gasteiger partial charge on any atom is 0.417 e. The molecule has 0 bridgehead atoms. The molecule has 2 aliphatic rings. The second-order valence-electron chi connectivity index (χ2n) is 8.81. The number of hydrogen-bond acceptors (Lipinski definition) is 6. The van der Waals surface area contributed by atoms with Gasteiger partial charge in [0, 0.05) is 44.4 Å². The Labute approximate surface area is 207 Å². The largest absolute Gasteiger partial charge is 0.417 e. The minimum absolute atomic E-state index is 0.0810. The average Bonchev–Trinajstić information content (AvgIpc) is 3.07. The minimum atomic E-state index is -4.79. The van der Waals surface area contributed by atoms with Crippen molar-refractivity contribution in [3.8, 4) is 6.07 Å². The van der Waals surface area contributed by atoms with Gasteiger partial charge in [-0.1, -0.05) is 0 Å². The molecule has 8 nitrogen and oxygen atoms in total.